The van der Waals surface area contributed by atoms with Crippen molar-refractivity contribution < 1.29 is 22.8 Å². The predicted octanol–water partition coefficient (Wildman–Crippen LogP) is 3.24. The smallest absolute Gasteiger partial charge is 0.269 e. The number of carbonyl (C=O) groups is 3. The van der Waals surface area contributed by atoms with Gasteiger partial charge in [0.1, 0.15) is 17.5 Å². The number of rotatable bonds is 10. The summed E-state index contributed by atoms with van der Waals surface area (Å²) in [6, 6.07) is 23.5. The number of carbonyl (C=O) groups excluding carboxylic acids is 3. The topological polar surface area (TPSA) is 104 Å². The number of nitrogens with zero attached hydrogens (tertiary/aromatic N) is 2. The fraction of sp³-hybridized carbons (Fsp3) is 0.276. The highest BCUT2D eigenvalue weighted by Crippen LogP contribution is 2.30. The third-order valence-corrected chi connectivity index (χ3v) is 8.13. The third-order valence-electron chi connectivity index (χ3n) is 6.34. The van der Waals surface area contributed by atoms with E-state index in [2.05, 4.69) is 5.32 Å². The molecule has 198 valence electrons. The maximum Gasteiger partial charge on any atom is 0.269 e. The van der Waals surface area contributed by atoms with E-state index in [4.69, 9.17) is 0 Å². The molecule has 1 heterocycles. The zero-order chi connectivity index (χ0) is 27.3. The second-order valence-corrected chi connectivity index (χ2v) is 11.5. The number of hydrogen-bond donors (Lipinski definition) is 1. The lowest BCUT2D eigenvalue weighted by atomic mass is 10.0. The van der Waals surface area contributed by atoms with Crippen molar-refractivity contribution in [2.75, 3.05) is 13.1 Å². The molecule has 1 aliphatic heterocycles. The van der Waals surface area contributed by atoms with Crippen molar-refractivity contribution in [2.45, 2.75) is 37.8 Å². The molecule has 8 nitrogen and oxygen atoms in total. The molecule has 0 saturated heterocycles. The number of nitrogens with one attached hydrogen (secondary N) is 1. The maximum absolute atomic E-state index is 13.8. The highest BCUT2D eigenvalue weighted by atomic mass is 32.2. The van der Waals surface area contributed by atoms with Gasteiger partial charge in [0.05, 0.1) is 5.56 Å². The van der Waals surface area contributed by atoms with E-state index in [1.165, 1.54) is 23.1 Å². The van der Waals surface area contributed by atoms with E-state index in [1.807, 2.05) is 74.5 Å². The minimum absolute atomic E-state index is 0.0328. The van der Waals surface area contributed by atoms with Crippen molar-refractivity contribution in [1.82, 2.24) is 14.5 Å². The average Bonchev–Trinajstić information content (AvgIpc) is 3.11. The first-order valence-corrected chi connectivity index (χ1v) is 13.9. The fourth-order valence-electron chi connectivity index (χ4n) is 4.36. The molecule has 3 aromatic carbocycles. The minimum Gasteiger partial charge on any atom is -0.354 e. The summed E-state index contributed by atoms with van der Waals surface area (Å²) in [5.41, 5.74) is 1.65. The molecule has 0 unspecified atom stereocenters. The van der Waals surface area contributed by atoms with Crippen LogP contribution in [0, 0.1) is 5.92 Å². The van der Waals surface area contributed by atoms with Crippen LogP contribution in [0.1, 0.15) is 35.3 Å². The molecule has 0 bridgehead atoms. The quantitative estimate of drug-likeness (QED) is 0.431. The van der Waals surface area contributed by atoms with Crippen LogP contribution in [0.15, 0.2) is 89.8 Å². The van der Waals surface area contributed by atoms with Crippen molar-refractivity contribution in [2.24, 2.45) is 5.92 Å². The second-order valence-electron chi connectivity index (χ2n) is 9.66. The van der Waals surface area contributed by atoms with Gasteiger partial charge in [0.25, 0.3) is 15.9 Å². The fourth-order valence-corrected chi connectivity index (χ4v) is 5.88. The monoisotopic (exact) mass is 533 g/mol. The van der Waals surface area contributed by atoms with Crippen LogP contribution in [0.3, 0.4) is 0 Å². The number of sulfonamides is 1. The van der Waals surface area contributed by atoms with Gasteiger partial charge in [-0.05, 0) is 29.2 Å². The molecule has 1 aliphatic rings. The standard InChI is InChI=1S/C29H31N3O5S/c1-21(2)18-30-28(34)25(17-22-11-5-3-6-12-22)31(19-23-13-7-4-8-14-23)27(33)20-32-29(35)24-15-9-10-16-26(24)38(32,36)37/h3-16,21,25H,17-20H2,1-2H3,(H,30,34)/t25-/m0/s1. The van der Waals surface area contributed by atoms with Crippen molar-refractivity contribution in [3.63, 3.8) is 0 Å². The summed E-state index contributed by atoms with van der Waals surface area (Å²) in [7, 11) is -4.19. The van der Waals surface area contributed by atoms with Crippen LogP contribution in [0.4, 0.5) is 0 Å². The number of hydrogen-bond acceptors (Lipinski definition) is 5. The maximum atomic E-state index is 13.8. The largest absolute Gasteiger partial charge is 0.354 e. The Morgan fingerprint density at radius 3 is 2.05 bits per heavy atom. The van der Waals surface area contributed by atoms with Gasteiger partial charge in [0.15, 0.2) is 0 Å². The number of fused-ring (bicyclic) bond motifs is 1. The van der Waals surface area contributed by atoms with Crippen LogP contribution in [0.5, 0.6) is 0 Å². The lowest BCUT2D eigenvalue weighted by molar-refractivity contribution is -0.141. The van der Waals surface area contributed by atoms with E-state index in [0.717, 1.165) is 11.1 Å². The number of benzene rings is 3. The van der Waals surface area contributed by atoms with Gasteiger partial charge in [-0.25, -0.2) is 12.7 Å². The van der Waals surface area contributed by atoms with Crippen molar-refractivity contribution in [1.29, 1.82) is 0 Å². The van der Waals surface area contributed by atoms with Crippen LogP contribution in [0.25, 0.3) is 0 Å². The van der Waals surface area contributed by atoms with E-state index in [1.54, 1.807) is 6.07 Å². The molecule has 9 heteroatoms. The zero-order valence-electron chi connectivity index (χ0n) is 21.4. The molecule has 0 fully saturated rings. The molecule has 0 spiro atoms. The van der Waals surface area contributed by atoms with Crippen LogP contribution in [-0.2, 0) is 32.6 Å². The molecule has 0 radical (unpaired) electrons. The zero-order valence-corrected chi connectivity index (χ0v) is 22.2. The van der Waals surface area contributed by atoms with Gasteiger partial charge in [0.2, 0.25) is 11.8 Å². The van der Waals surface area contributed by atoms with Crippen molar-refractivity contribution in [3.8, 4) is 0 Å². The first-order chi connectivity index (χ1) is 18.2. The van der Waals surface area contributed by atoms with E-state index in [-0.39, 0.29) is 35.2 Å². The molecular weight excluding hydrogens is 502 g/mol. The Balaban J connectivity index is 1.69. The Hall–Kier alpha value is -3.98. The molecule has 3 aromatic rings. The van der Waals surface area contributed by atoms with E-state index in [0.29, 0.717) is 10.8 Å². The van der Waals surface area contributed by atoms with Gasteiger partial charge in [-0.2, -0.15) is 0 Å². The second kappa shape index (κ2) is 11.6. The molecule has 1 N–H and O–H groups in total. The first kappa shape index (κ1) is 27.1. The summed E-state index contributed by atoms with van der Waals surface area (Å²) in [5.74, 6) is -1.54. The van der Waals surface area contributed by atoms with Crippen LogP contribution in [-0.4, -0.2) is 54.5 Å². The lowest BCUT2D eigenvalue weighted by Gasteiger charge is -2.32. The molecule has 0 aliphatic carbocycles. The number of amides is 3. The van der Waals surface area contributed by atoms with Crippen molar-refractivity contribution in [3.05, 3.63) is 102 Å². The Kier molecular flexibility index (Phi) is 8.26. The summed E-state index contributed by atoms with van der Waals surface area (Å²) in [6.45, 7) is 3.74. The van der Waals surface area contributed by atoms with Gasteiger partial charge >= 0.3 is 0 Å². The summed E-state index contributed by atoms with van der Waals surface area (Å²) in [4.78, 5) is 41.6. The van der Waals surface area contributed by atoms with Gasteiger partial charge in [-0.1, -0.05) is 86.6 Å². The third kappa shape index (κ3) is 5.94. The predicted molar refractivity (Wildman–Crippen MR) is 143 cm³/mol. The molecule has 1 atom stereocenters. The van der Waals surface area contributed by atoms with Gasteiger partial charge < -0.3 is 10.2 Å². The molecule has 38 heavy (non-hydrogen) atoms. The van der Waals surface area contributed by atoms with Crippen LogP contribution >= 0.6 is 0 Å². The Morgan fingerprint density at radius 2 is 1.45 bits per heavy atom. The molecule has 4 rings (SSSR count). The van der Waals surface area contributed by atoms with E-state index >= 15 is 0 Å². The Bertz CT molecular complexity index is 1410. The van der Waals surface area contributed by atoms with E-state index in [9.17, 15) is 22.8 Å². The molecule has 0 saturated carbocycles. The van der Waals surface area contributed by atoms with Gasteiger partial charge in [-0.15, -0.1) is 0 Å². The van der Waals surface area contributed by atoms with E-state index < -0.39 is 34.4 Å². The lowest BCUT2D eigenvalue weighted by Crippen LogP contribution is -2.53. The average molecular weight is 534 g/mol. The Morgan fingerprint density at radius 1 is 0.868 bits per heavy atom. The highest BCUT2D eigenvalue weighted by Gasteiger charge is 2.43. The molecule has 3 amide bonds. The van der Waals surface area contributed by atoms with Crippen molar-refractivity contribution >= 4 is 27.7 Å². The highest BCUT2D eigenvalue weighted by molar-refractivity contribution is 7.90. The summed E-state index contributed by atoms with van der Waals surface area (Å²) in [5, 5.41) is 2.92. The van der Waals surface area contributed by atoms with Crippen LogP contribution < -0.4 is 5.32 Å². The van der Waals surface area contributed by atoms with Gasteiger partial charge in [-0.3, -0.25) is 14.4 Å². The summed E-state index contributed by atoms with van der Waals surface area (Å²) in [6.07, 6.45) is 0.226. The summed E-state index contributed by atoms with van der Waals surface area (Å²) >= 11 is 0. The normalized spacial score (nSPS) is 14.7. The first-order valence-electron chi connectivity index (χ1n) is 12.5. The Labute approximate surface area is 223 Å². The SMILES string of the molecule is CC(C)CNC(=O)[C@H](Cc1ccccc1)N(Cc1ccccc1)C(=O)CN1C(=O)c2ccccc2S1(=O)=O. The molecular formula is C29H31N3O5S. The van der Waals surface area contributed by atoms with Gasteiger partial charge in [0, 0.05) is 19.5 Å². The molecule has 0 aromatic heterocycles. The summed E-state index contributed by atoms with van der Waals surface area (Å²) < 4.78 is 26.9. The minimum atomic E-state index is -4.19. The van der Waals surface area contributed by atoms with Crippen LogP contribution in [0.2, 0.25) is 0 Å².